The first-order chi connectivity index (χ1) is 18.0. The van der Waals surface area contributed by atoms with Crippen molar-refractivity contribution in [2.24, 2.45) is 0 Å². The van der Waals surface area contributed by atoms with Gasteiger partial charge in [-0.3, -0.25) is 4.57 Å². The van der Waals surface area contributed by atoms with E-state index < -0.39 is 0 Å². The molecule has 1 N–H and O–H groups in total. The summed E-state index contributed by atoms with van der Waals surface area (Å²) in [5.41, 5.74) is 4.64. The molecule has 196 valence electrons. The van der Waals surface area contributed by atoms with E-state index in [4.69, 9.17) is 4.98 Å². The number of benzene rings is 1. The fraction of sp³-hybridized carbons (Fsp3) is 0.357. The van der Waals surface area contributed by atoms with Gasteiger partial charge in [0, 0.05) is 42.4 Å². The molecule has 4 aromatic heterocycles. The lowest BCUT2D eigenvalue weighted by molar-refractivity contribution is 0.366. The lowest BCUT2D eigenvalue weighted by Gasteiger charge is -2.22. The number of hydrogen-bond donors (Lipinski definition) is 1. The Kier molecular flexibility index (Phi) is 5.43. The van der Waals surface area contributed by atoms with Crippen molar-refractivity contribution in [3.8, 4) is 17.1 Å². The van der Waals surface area contributed by atoms with Crippen LogP contribution < -0.4 is 11.0 Å². The van der Waals surface area contributed by atoms with Crippen LogP contribution in [0.5, 0.6) is 0 Å². The maximum atomic E-state index is 14.5. The summed E-state index contributed by atoms with van der Waals surface area (Å²) in [5, 5.41) is 8.84. The first-order valence-electron chi connectivity index (χ1n) is 12.8. The number of nitrogens with zero attached hydrogens (tertiary/aromatic N) is 7. The molecule has 5 aromatic rings. The molecule has 1 aromatic carbocycles. The minimum atomic E-state index is -0.260. The highest BCUT2D eigenvalue weighted by molar-refractivity contribution is 5.76. The van der Waals surface area contributed by atoms with Gasteiger partial charge < -0.3 is 5.32 Å². The van der Waals surface area contributed by atoms with Crippen LogP contribution in [0.25, 0.3) is 28.1 Å². The largest absolute Gasteiger partial charge is 0.352 e. The standard InChI is InChI=1S/C28H31FN8O/c1-16-11-19(12-17(2)23(16)29)26-33-22-7-8-30-18(3)24(22)36(26)35-10-9-34(27(35)38)21-13-20-14-32-37(28(4,5)6)25(20)31-15-21/h9-15,18,30H,7-8H2,1-6H3/t18-/m0/s1. The van der Waals surface area contributed by atoms with Crippen LogP contribution in [0.15, 0.2) is 47.8 Å². The van der Waals surface area contributed by atoms with Gasteiger partial charge in [0.25, 0.3) is 0 Å². The number of halogens is 1. The van der Waals surface area contributed by atoms with E-state index in [1.54, 1.807) is 60.0 Å². The molecule has 1 aliphatic rings. The zero-order chi connectivity index (χ0) is 26.9. The van der Waals surface area contributed by atoms with Crippen LogP contribution in [-0.2, 0) is 12.0 Å². The molecule has 1 aliphatic heterocycles. The first kappa shape index (κ1) is 24.3. The van der Waals surface area contributed by atoms with Gasteiger partial charge in [-0.1, -0.05) is 0 Å². The summed E-state index contributed by atoms with van der Waals surface area (Å²) in [6.07, 6.45) is 7.68. The summed E-state index contributed by atoms with van der Waals surface area (Å²) in [7, 11) is 0. The number of pyridine rings is 1. The second-order valence-electron chi connectivity index (χ2n) is 11.1. The lowest BCUT2D eigenvalue weighted by atomic mass is 10.1. The normalized spacial score (nSPS) is 15.8. The molecule has 0 saturated carbocycles. The van der Waals surface area contributed by atoms with E-state index >= 15 is 0 Å². The molecular formula is C28H31FN8O. The molecule has 9 nitrogen and oxygen atoms in total. The molecule has 38 heavy (non-hydrogen) atoms. The molecular weight excluding hydrogens is 483 g/mol. The number of rotatable bonds is 3. The van der Waals surface area contributed by atoms with Gasteiger partial charge in [-0.25, -0.2) is 33.2 Å². The van der Waals surface area contributed by atoms with Crippen molar-refractivity contribution < 1.29 is 4.39 Å². The number of imidazole rings is 2. The number of hydrogen-bond acceptors (Lipinski definition) is 5. The maximum Gasteiger partial charge on any atom is 0.352 e. The van der Waals surface area contributed by atoms with Crippen LogP contribution in [0.2, 0.25) is 0 Å². The quantitative estimate of drug-likeness (QED) is 0.388. The highest BCUT2D eigenvalue weighted by atomic mass is 19.1. The van der Waals surface area contributed by atoms with E-state index in [0.29, 0.717) is 22.6 Å². The van der Waals surface area contributed by atoms with E-state index in [9.17, 15) is 9.18 Å². The molecule has 0 spiro atoms. The van der Waals surface area contributed by atoms with Gasteiger partial charge >= 0.3 is 5.69 Å². The van der Waals surface area contributed by atoms with Gasteiger partial charge in [0.1, 0.15) is 5.82 Å². The van der Waals surface area contributed by atoms with Crippen molar-refractivity contribution in [3.63, 3.8) is 0 Å². The van der Waals surface area contributed by atoms with Crippen LogP contribution in [0, 0.1) is 19.7 Å². The fourth-order valence-corrected chi connectivity index (χ4v) is 5.32. The predicted molar refractivity (Wildman–Crippen MR) is 144 cm³/mol. The molecule has 5 heterocycles. The Bertz CT molecular complexity index is 1740. The van der Waals surface area contributed by atoms with Gasteiger partial charge in [0.05, 0.1) is 35.0 Å². The Morgan fingerprint density at radius 1 is 1.08 bits per heavy atom. The van der Waals surface area contributed by atoms with Crippen LogP contribution in [0.4, 0.5) is 4.39 Å². The third-order valence-electron chi connectivity index (χ3n) is 7.16. The summed E-state index contributed by atoms with van der Waals surface area (Å²) >= 11 is 0. The summed E-state index contributed by atoms with van der Waals surface area (Å²) in [6.45, 7) is 12.6. The van der Waals surface area contributed by atoms with E-state index in [2.05, 4.69) is 43.1 Å². The Balaban J connectivity index is 1.53. The van der Waals surface area contributed by atoms with Crippen molar-refractivity contribution in [2.45, 2.75) is 59.5 Å². The zero-order valence-corrected chi connectivity index (χ0v) is 22.4. The van der Waals surface area contributed by atoms with Crippen molar-refractivity contribution >= 4 is 11.0 Å². The highest BCUT2D eigenvalue weighted by Gasteiger charge is 2.28. The third-order valence-corrected chi connectivity index (χ3v) is 7.16. The molecule has 0 radical (unpaired) electrons. The summed E-state index contributed by atoms with van der Waals surface area (Å²) in [4.78, 5) is 23.5. The molecule has 0 amide bonds. The summed E-state index contributed by atoms with van der Waals surface area (Å²) in [6, 6.07) is 5.48. The molecule has 6 rings (SSSR count). The topological polar surface area (TPSA) is 87.5 Å². The van der Waals surface area contributed by atoms with Gasteiger partial charge in [-0.15, -0.1) is 0 Å². The first-order valence-corrected chi connectivity index (χ1v) is 12.8. The number of aromatic nitrogens is 7. The molecule has 0 unspecified atom stereocenters. The molecule has 0 bridgehead atoms. The van der Waals surface area contributed by atoms with Crippen molar-refractivity contribution in [1.82, 2.24) is 39.0 Å². The van der Waals surface area contributed by atoms with Crippen molar-refractivity contribution in [3.05, 3.63) is 81.8 Å². The monoisotopic (exact) mass is 514 g/mol. The van der Waals surface area contributed by atoms with Gasteiger partial charge in [-0.05, 0) is 70.9 Å². The Hall–Kier alpha value is -4.05. The molecule has 0 fully saturated rings. The van der Waals surface area contributed by atoms with E-state index in [1.807, 2.05) is 15.4 Å². The number of aryl methyl sites for hydroxylation is 2. The zero-order valence-electron chi connectivity index (χ0n) is 22.4. The minimum absolute atomic E-state index is 0.0147. The molecule has 0 aliphatic carbocycles. The molecule has 0 saturated heterocycles. The summed E-state index contributed by atoms with van der Waals surface area (Å²) < 4.78 is 21.3. The Morgan fingerprint density at radius 2 is 1.82 bits per heavy atom. The average Bonchev–Trinajstić information content (AvgIpc) is 3.56. The van der Waals surface area contributed by atoms with Crippen LogP contribution >= 0.6 is 0 Å². The number of fused-ring (bicyclic) bond motifs is 2. The van der Waals surface area contributed by atoms with Crippen LogP contribution in [0.3, 0.4) is 0 Å². The highest BCUT2D eigenvalue weighted by Crippen LogP contribution is 2.31. The van der Waals surface area contributed by atoms with E-state index in [-0.39, 0.29) is 23.1 Å². The second kappa shape index (κ2) is 8.49. The van der Waals surface area contributed by atoms with Gasteiger partial charge in [0.2, 0.25) is 0 Å². The third kappa shape index (κ3) is 3.70. The molecule has 1 atom stereocenters. The maximum absolute atomic E-state index is 14.5. The SMILES string of the molecule is Cc1cc(-c2nc3c(n2-n2ccn(-c4cnc5c(cnn5C(C)(C)C)c4)c2=O)[C@H](C)NCC3)cc(C)c1F. The smallest absolute Gasteiger partial charge is 0.308 e. The second-order valence-corrected chi connectivity index (χ2v) is 11.1. The fourth-order valence-electron chi connectivity index (χ4n) is 5.32. The van der Waals surface area contributed by atoms with Gasteiger partial charge in [-0.2, -0.15) is 5.10 Å². The minimum Gasteiger partial charge on any atom is -0.308 e. The van der Waals surface area contributed by atoms with Gasteiger partial charge in [0.15, 0.2) is 11.5 Å². The van der Waals surface area contributed by atoms with E-state index in [1.165, 1.54) is 0 Å². The van der Waals surface area contributed by atoms with Crippen LogP contribution in [-0.4, -0.2) is 40.2 Å². The van der Waals surface area contributed by atoms with Crippen LogP contribution in [0.1, 0.15) is 56.3 Å². The lowest BCUT2D eigenvalue weighted by Crippen LogP contribution is -2.34. The van der Waals surface area contributed by atoms with Crippen molar-refractivity contribution in [2.75, 3.05) is 6.54 Å². The Morgan fingerprint density at radius 3 is 2.53 bits per heavy atom. The summed E-state index contributed by atoms with van der Waals surface area (Å²) in [5.74, 6) is 0.379. The average molecular weight is 515 g/mol. The number of nitrogens with one attached hydrogen (secondary N) is 1. The predicted octanol–water partition coefficient (Wildman–Crippen LogP) is 4.28. The molecule has 10 heteroatoms. The van der Waals surface area contributed by atoms with Crippen molar-refractivity contribution in [1.29, 1.82) is 0 Å². The van der Waals surface area contributed by atoms with E-state index in [0.717, 1.165) is 41.0 Å². The Labute approximate surface area is 219 Å².